The van der Waals surface area contributed by atoms with Crippen molar-refractivity contribution in [2.45, 2.75) is 58.3 Å². The first-order chi connectivity index (χ1) is 26.1. The summed E-state index contributed by atoms with van der Waals surface area (Å²) in [7, 11) is 1.73. The number of anilines is 3. The highest BCUT2D eigenvalue weighted by Gasteiger charge is 2.31. The van der Waals surface area contributed by atoms with Crippen LogP contribution in [0, 0.1) is 5.92 Å². The Kier molecular flexibility index (Phi) is 12.4. The molecule has 2 aliphatic rings. The Morgan fingerprint density at radius 3 is 2.43 bits per heavy atom. The van der Waals surface area contributed by atoms with E-state index in [0.29, 0.717) is 40.9 Å². The molecule has 13 heteroatoms. The molecule has 4 atom stereocenters. The zero-order chi connectivity index (χ0) is 38.2. The van der Waals surface area contributed by atoms with Crippen LogP contribution in [0.25, 0.3) is 10.8 Å². The molecule has 2 heterocycles. The van der Waals surface area contributed by atoms with E-state index in [2.05, 4.69) is 16.0 Å². The number of nitrogens with one attached hydrogen (secondary N) is 3. The molecule has 0 aromatic heterocycles. The molecule has 0 spiro atoms. The summed E-state index contributed by atoms with van der Waals surface area (Å²) in [5.74, 6) is 0.903. The minimum Gasteiger partial charge on any atom is -0.490 e. The molecule has 2 aliphatic heterocycles. The molecule has 4 N–H and O–H groups in total. The van der Waals surface area contributed by atoms with Crippen molar-refractivity contribution in [2.24, 2.45) is 5.92 Å². The van der Waals surface area contributed by atoms with Crippen molar-refractivity contribution >= 4 is 45.8 Å². The molecule has 0 saturated carbocycles. The summed E-state index contributed by atoms with van der Waals surface area (Å²) in [5.41, 5.74) is 1.85. The monoisotopic (exact) mass is 739 g/mol. The number of fused-ring (bicyclic) bond motifs is 3. The summed E-state index contributed by atoms with van der Waals surface area (Å²) < 4.78 is 23.5. The van der Waals surface area contributed by atoms with Gasteiger partial charge in [0.1, 0.15) is 5.75 Å². The highest BCUT2D eigenvalue weighted by atomic mass is 16.7. The predicted molar refractivity (Wildman–Crippen MR) is 208 cm³/mol. The second-order valence-corrected chi connectivity index (χ2v) is 14.0. The molecule has 4 aromatic rings. The number of nitrogens with zero attached hydrogens (tertiary/aromatic N) is 2. The summed E-state index contributed by atoms with van der Waals surface area (Å²) in [4.78, 5) is 44.3. The third kappa shape index (κ3) is 9.33. The molecule has 54 heavy (non-hydrogen) atoms. The van der Waals surface area contributed by atoms with Crippen LogP contribution in [0.3, 0.4) is 0 Å². The van der Waals surface area contributed by atoms with E-state index in [1.807, 2.05) is 56.3 Å². The van der Waals surface area contributed by atoms with Crippen molar-refractivity contribution in [1.29, 1.82) is 0 Å². The Hall–Kier alpha value is -5.53. The predicted octanol–water partition coefficient (Wildman–Crippen LogP) is 7.17. The fraction of sp³-hybridized carbons (Fsp3) is 0.390. The quantitative estimate of drug-likeness (QED) is 0.156. The van der Waals surface area contributed by atoms with Gasteiger partial charge < -0.3 is 49.8 Å². The van der Waals surface area contributed by atoms with Crippen LogP contribution in [-0.4, -0.2) is 91.3 Å². The van der Waals surface area contributed by atoms with Gasteiger partial charge in [-0.15, -0.1) is 0 Å². The van der Waals surface area contributed by atoms with Crippen LogP contribution >= 0.6 is 0 Å². The Balaban J connectivity index is 1.20. The standard InChI is InChI=1S/C41H49N5O8/c1-26-22-46(27(2)24-47)39(48)33-20-30(42-40(49)43-31-16-18-36-37(21-31)53-25-52-36)15-17-35(33)54-28(3)10-7-8-19-51-38(26)23-45(4)41(50)44-34-14-9-12-29-11-5-6-13-32(29)34/h5-6,9,11-18,20-21,26-28,38,47H,7-8,10,19,22-25H2,1-4H3,(H,44,50)(H2,42,43,49)/t26-,27-,28-,38+/m1/s1. The molecule has 286 valence electrons. The second-order valence-electron chi connectivity index (χ2n) is 14.0. The van der Waals surface area contributed by atoms with Crippen molar-refractivity contribution in [3.05, 3.63) is 84.4 Å². The number of likely N-dealkylation sites (N-methyl/N-ethyl adjacent to an activating group) is 1. The lowest BCUT2D eigenvalue weighted by Gasteiger charge is -2.35. The number of amides is 5. The van der Waals surface area contributed by atoms with Crippen LogP contribution in [0.15, 0.2) is 78.9 Å². The Labute approximate surface area is 315 Å². The molecule has 0 radical (unpaired) electrons. The van der Waals surface area contributed by atoms with E-state index < -0.39 is 18.2 Å². The van der Waals surface area contributed by atoms with Crippen LogP contribution in [0.1, 0.15) is 50.4 Å². The van der Waals surface area contributed by atoms with Gasteiger partial charge in [-0.1, -0.05) is 43.3 Å². The molecular weight excluding hydrogens is 690 g/mol. The number of hydrogen-bond acceptors (Lipinski definition) is 8. The van der Waals surface area contributed by atoms with Gasteiger partial charge in [-0.25, -0.2) is 9.59 Å². The van der Waals surface area contributed by atoms with E-state index in [9.17, 15) is 19.5 Å². The summed E-state index contributed by atoms with van der Waals surface area (Å²) in [6.45, 7) is 6.52. The Morgan fingerprint density at radius 1 is 0.907 bits per heavy atom. The third-order valence-corrected chi connectivity index (χ3v) is 9.77. The van der Waals surface area contributed by atoms with Crippen molar-refractivity contribution in [1.82, 2.24) is 9.80 Å². The highest BCUT2D eigenvalue weighted by Crippen LogP contribution is 2.34. The van der Waals surface area contributed by atoms with E-state index in [0.717, 1.165) is 30.0 Å². The van der Waals surface area contributed by atoms with Crippen molar-refractivity contribution in [3.8, 4) is 17.2 Å². The molecule has 13 nitrogen and oxygen atoms in total. The molecule has 0 aliphatic carbocycles. The van der Waals surface area contributed by atoms with Gasteiger partial charge in [0, 0.05) is 55.5 Å². The van der Waals surface area contributed by atoms with Gasteiger partial charge >= 0.3 is 12.1 Å². The molecule has 4 aromatic carbocycles. The topological polar surface area (TPSA) is 151 Å². The maximum Gasteiger partial charge on any atom is 0.323 e. The van der Waals surface area contributed by atoms with Crippen LogP contribution in [-0.2, 0) is 4.74 Å². The lowest BCUT2D eigenvalue weighted by molar-refractivity contribution is -0.0115. The first-order valence-electron chi connectivity index (χ1n) is 18.4. The first kappa shape index (κ1) is 38.2. The number of carbonyl (C=O) groups is 3. The highest BCUT2D eigenvalue weighted by molar-refractivity contribution is 6.03. The average Bonchev–Trinajstić information content (AvgIpc) is 3.64. The van der Waals surface area contributed by atoms with Crippen molar-refractivity contribution in [2.75, 3.05) is 56.1 Å². The fourth-order valence-corrected chi connectivity index (χ4v) is 6.63. The Morgan fingerprint density at radius 2 is 1.63 bits per heavy atom. The van der Waals surface area contributed by atoms with Gasteiger partial charge in [0.25, 0.3) is 5.91 Å². The van der Waals surface area contributed by atoms with E-state index in [1.165, 1.54) is 0 Å². The van der Waals surface area contributed by atoms with Gasteiger partial charge in [0.15, 0.2) is 11.5 Å². The van der Waals surface area contributed by atoms with E-state index >= 15 is 0 Å². The van der Waals surface area contributed by atoms with Crippen LogP contribution in [0.4, 0.5) is 26.7 Å². The first-order valence-corrected chi connectivity index (χ1v) is 18.4. The molecule has 0 fully saturated rings. The third-order valence-electron chi connectivity index (χ3n) is 9.77. The fourth-order valence-electron chi connectivity index (χ4n) is 6.63. The number of hydrogen-bond donors (Lipinski definition) is 4. The minimum absolute atomic E-state index is 0.119. The van der Waals surface area contributed by atoms with Crippen molar-refractivity contribution < 1.29 is 38.4 Å². The molecule has 0 bridgehead atoms. The second kappa shape index (κ2) is 17.5. The normalized spacial score (nSPS) is 19.5. The van der Waals surface area contributed by atoms with Crippen LogP contribution < -0.4 is 30.2 Å². The van der Waals surface area contributed by atoms with Gasteiger partial charge in [-0.3, -0.25) is 4.79 Å². The van der Waals surface area contributed by atoms with Gasteiger partial charge in [-0.05, 0) is 74.9 Å². The molecule has 0 saturated heterocycles. The molecule has 5 amide bonds. The Bertz CT molecular complexity index is 1950. The SMILES string of the molecule is C[C@@H]1CCCCO[C@@H](CN(C)C(=O)Nc2cccc3ccccc23)[C@H](C)CN([C@H](C)CO)C(=O)c2cc(NC(=O)Nc3ccc4c(c3)OCO4)ccc2O1. The van der Waals surface area contributed by atoms with E-state index in [-0.39, 0.29) is 56.0 Å². The maximum absolute atomic E-state index is 14.5. The molecule has 6 rings (SSSR count). The average molecular weight is 740 g/mol. The number of aliphatic hydroxyl groups is 1. The van der Waals surface area contributed by atoms with Crippen molar-refractivity contribution in [3.63, 3.8) is 0 Å². The maximum atomic E-state index is 14.5. The van der Waals surface area contributed by atoms with Crippen LogP contribution in [0.2, 0.25) is 0 Å². The molecular formula is C41H49N5O8. The number of carbonyl (C=O) groups excluding carboxylic acids is 3. The number of aliphatic hydroxyl groups excluding tert-OH is 1. The largest absolute Gasteiger partial charge is 0.490 e. The van der Waals surface area contributed by atoms with Gasteiger partial charge in [-0.2, -0.15) is 0 Å². The van der Waals surface area contributed by atoms with Crippen LogP contribution in [0.5, 0.6) is 17.2 Å². The zero-order valence-corrected chi connectivity index (χ0v) is 31.2. The lowest BCUT2D eigenvalue weighted by Crippen LogP contribution is -2.48. The van der Waals surface area contributed by atoms with Gasteiger partial charge in [0.05, 0.1) is 36.1 Å². The summed E-state index contributed by atoms with van der Waals surface area (Å²) in [6, 6.07) is 22.4. The van der Waals surface area contributed by atoms with E-state index in [1.54, 1.807) is 60.2 Å². The van der Waals surface area contributed by atoms with Gasteiger partial charge in [0.2, 0.25) is 6.79 Å². The molecule has 0 unspecified atom stereocenters. The number of ether oxygens (including phenoxy) is 4. The summed E-state index contributed by atoms with van der Waals surface area (Å²) in [5, 5.41) is 20.9. The lowest BCUT2D eigenvalue weighted by atomic mass is 10.0. The number of urea groups is 2. The smallest absolute Gasteiger partial charge is 0.323 e. The number of rotatable bonds is 7. The summed E-state index contributed by atoms with van der Waals surface area (Å²) in [6.07, 6.45) is 1.70. The van der Waals surface area contributed by atoms with E-state index in [4.69, 9.17) is 18.9 Å². The summed E-state index contributed by atoms with van der Waals surface area (Å²) >= 11 is 0. The zero-order valence-electron chi connectivity index (χ0n) is 31.2. The minimum atomic E-state index is -0.558. The number of benzene rings is 4.